The molecule has 1 saturated carbocycles. The Morgan fingerprint density at radius 1 is 0.409 bits per heavy atom. The normalized spacial score (nSPS) is 21.5. The number of unbranched alkanes of at least 4 members (excludes halogenated alkanes) is 24. The lowest BCUT2D eigenvalue weighted by molar-refractivity contribution is -0.211. The molecule has 1 aliphatic carbocycles. The second kappa shape index (κ2) is 34.6. The lowest BCUT2D eigenvalue weighted by atomic mass is 9.85. The molecule has 9 N–H and O–H groups in total. The van der Waals surface area contributed by atoms with Gasteiger partial charge in [-0.15, -0.1) is 0 Å². The van der Waals surface area contributed by atoms with Crippen molar-refractivity contribution in [2.24, 2.45) is 0 Å². The number of phosphoric acid groups is 4. The molecular formula is C40H80O22P4. The van der Waals surface area contributed by atoms with Crippen LogP contribution in [0.3, 0.4) is 0 Å². The third-order valence-electron chi connectivity index (χ3n) is 10.9. The van der Waals surface area contributed by atoms with Crippen LogP contribution in [0.25, 0.3) is 0 Å². The van der Waals surface area contributed by atoms with Crippen LogP contribution in [0.5, 0.6) is 0 Å². The number of esters is 2. The fraction of sp³-hybridized carbons (Fsp3) is 0.950. The fourth-order valence-corrected chi connectivity index (χ4v) is 10.1. The number of aliphatic hydroxyl groups is 2. The zero-order chi connectivity index (χ0) is 49.7. The molecule has 0 aliphatic heterocycles. The van der Waals surface area contributed by atoms with E-state index in [0.29, 0.717) is 25.7 Å². The summed E-state index contributed by atoms with van der Waals surface area (Å²) in [5.74, 6) is -1.67. The molecule has 0 heterocycles. The summed E-state index contributed by atoms with van der Waals surface area (Å²) >= 11 is 0. The Kier molecular flexibility index (Phi) is 33.2. The first kappa shape index (κ1) is 63.3. The van der Waals surface area contributed by atoms with Crippen molar-refractivity contribution in [1.29, 1.82) is 0 Å². The van der Waals surface area contributed by atoms with Gasteiger partial charge >= 0.3 is 43.2 Å². The van der Waals surface area contributed by atoms with E-state index in [2.05, 4.69) is 27.4 Å². The molecule has 1 rings (SSSR count). The zero-order valence-corrected chi connectivity index (χ0v) is 42.2. The fourth-order valence-electron chi connectivity index (χ4n) is 7.53. The molecule has 0 aromatic rings. The van der Waals surface area contributed by atoms with Gasteiger partial charge in [0.05, 0.1) is 0 Å². The van der Waals surface area contributed by atoms with Gasteiger partial charge in [0.25, 0.3) is 6.29 Å². The molecule has 66 heavy (non-hydrogen) atoms. The van der Waals surface area contributed by atoms with Gasteiger partial charge in [-0.3, -0.25) is 32.2 Å². The Morgan fingerprint density at radius 2 is 0.682 bits per heavy atom. The highest BCUT2D eigenvalue weighted by atomic mass is 31.2. The molecule has 22 nitrogen and oxygen atoms in total. The van der Waals surface area contributed by atoms with Crippen LogP contribution in [0, 0.1) is 0 Å². The maximum atomic E-state index is 13.2. The Morgan fingerprint density at radius 3 is 0.970 bits per heavy atom. The number of carbonyl (C=O) groups is 2. The molecule has 0 aromatic carbocycles. The summed E-state index contributed by atoms with van der Waals surface area (Å²) in [6, 6.07) is 0. The number of carbonyl (C=O) groups excluding carboxylic acids is 2. The smallest absolute Gasteiger partial charge is 0.423 e. The highest BCUT2D eigenvalue weighted by Crippen LogP contribution is 2.53. The number of phosphoric ester groups is 4. The monoisotopic (exact) mass is 1040 g/mol. The Bertz CT molecular complexity index is 1420. The van der Waals surface area contributed by atoms with E-state index in [4.69, 9.17) is 18.5 Å². The number of rotatable bonds is 41. The van der Waals surface area contributed by atoms with E-state index in [9.17, 15) is 72.3 Å². The molecule has 0 aromatic heterocycles. The van der Waals surface area contributed by atoms with Crippen LogP contribution >= 0.6 is 31.3 Å². The van der Waals surface area contributed by atoms with Crippen molar-refractivity contribution in [3.05, 3.63) is 0 Å². The van der Waals surface area contributed by atoms with Gasteiger partial charge in [0.15, 0.2) is 0 Å². The van der Waals surface area contributed by atoms with E-state index in [1.807, 2.05) is 0 Å². The molecule has 7 atom stereocenters. The molecule has 0 saturated heterocycles. The van der Waals surface area contributed by atoms with Gasteiger partial charge in [-0.1, -0.05) is 168 Å². The SMILES string of the molecule is CCCCCCCCCCCCCCCC(=O)OC(COP(=O)(O)OC1[C@H](O)[C@H](OP(=O)(O)O)C(OP(=O)(O)O)[C@H](OP(=O)(O)O)[C@H]1O)OC(=O)CCCCCCCCCCCCCCC. The molecular weight excluding hydrogens is 956 g/mol. The molecule has 1 aliphatic rings. The van der Waals surface area contributed by atoms with E-state index in [1.54, 1.807) is 0 Å². The Hall–Kier alpha value is -0.700. The van der Waals surface area contributed by atoms with Crippen LogP contribution in [0.2, 0.25) is 0 Å². The third-order valence-corrected chi connectivity index (χ3v) is 13.4. The van der Waals surface area contributed by atoms with Gasteiger partial charge in [0.2, 0.25) is 0 Å². The number of aliphatic hydroxyl groups excluding tert-OH is 2. The predicted molar refractivity (Wildman–Crippen MR) is 240 cm³/mol. The minimum atomic E-state index is -5.79. The minimum Gasteiger partial charge on any atom is -0.423 e. The van der Waals surface area contributed by atoms with Crippen LogP contribution in [0.4, 0.5) is 0 Å². The van der Waals surface area contributed by atoms with Gasteiger partial charge in [-0.2, -0.15) is 0 Å². The summed E-state index contributed by atoms with van der Waals surface area (Å²) in [6.45, 7) is 3.21. The molecule has 0 radical (unpaired) electrons. The minimum absolute atomic E-state index is 0.0990. The van der Waals surface area contributed by atoms with Crippen LogP contribution in [0.15, 0.2) is 0 Å². The second-order valence-electron chi connectivity index (χ2n) is 16.9. The van der Waals surface area contributed by atoms with E-state index in [-0.39, 0.29) is 12.8 Å². The Balaban J connectivity index is 2.93. The number of ether oxygens (including phenoxy) is 2. The summed E-state index contributed by atoms with van der Waals surface area (Å²) < 4.78 is 81.7. The first-order valence-corrected chi connectivity index (χ1v) is 29.7. The average Bonchev–Trinajstić information content (AvgIpc) is 3.21. The molecule has 0 amide bonds. The first-order chi connectivity index (χ1) is 31.0. The lowest BCUT2D eigenvalue weighted by Crippen LogP contribution is -2.65. The zero-order valence-electron chi connectivity index (χ0n) is 38.7. The van der Waals surface area contributed by atoms with Gasteiger partial charge in [0, 0.05) is 12.8 Å². The standard InChI is InChI=1S/C40H80O22P4/c1-3-5-7-9-11-13-15-17-19-21-23-25-27-29-32(41)57-34(58-33(42)30-28-26-24-22-20-18-16-14-12-10-8-6-4-2)31-56-66(54,55)62-37-35(43)38(59-63(45,46)47)40(61-65(51,52)53)39(36(37)44)60-64(48,49)50/h34-40,43-44H,3-31H2,1-2H3,(H,54,55)(H2,45,46,47)(H2,48,49,50)(H2,51,52,53)/t35-,36-,37?,38-,39+,40?/m0/s1. The van der Waals surface area contributed by atoms with Gasteiger partial charge in [-0.25, -0.2) is 18.3 Å². The van der Waals surface area contributed by atoms with Crippen LogP contribution in [-0.4, -0.2) is 106 Å². The van der Waals surface area contributed by atoms with Crippen LogP contribution in [-0.2, 0) is 59.9 Å². The van der Waals surface area contributed by atoms with E-state index in [1.165, 1.54) is 89.9 Å². The van der Waals surface area contributed by atoms with Crippen molar-refractivity contribution in [2.75, 3.05) is 6.61 Å². The molecule has 0 bridgehead atoms. The van der Waals surface area contributed by atoms with Crippen molar-refractivity contribution in [1.82, 2.24) is 0 Å². The van der Waals surface area contributed by atoms with E-state index < -0.39 is 92.8 Å². The van der Waals surface area contributed by atoms with Crippen LogP contribution in [0.1, 0.15) is 194 Å². The summed E-state index contributed by atoms with van der Waals surface area (Å²) in [4.78, 5) is 92.8. The van der Waals surface area contributed by atoms with E-state index in [0.717, 1.165) is 51.4 Å². The number of hydrogen-bond acceptors (Lipinski definition) is 15. The van der Waals surface area contributed by atoms with Crippen molar-refractivity contribution in [2.45, 2.75) is 237 Å². The average molecular weight is 1040 g/mol. The third kappa shape index (κ3) is 32.2. The molecule has 1 fully saturated rings. The molecule has 3 unspecified atom stereocenters. The second-order valence-corrected chi connectivity index (χ2v) is 21.9. The summed E-state index contributed by atoms with van der Waals surface area (Å²) in [6.07, 6.45) is 9.10. The summed E-state index contributed by atoms with van der Waals surface area (Å²) in [7, 11) is -23.1. The number of hydrogen-bond donors (Lipinski definition) is 9. The van der Waals surface area contributed by atoms with E-state index >= 15 is 0 Å². The highest BCUT2D eigenvalue weighted by molar-refractivity contribution is 7.47. The van der Waals surface area contributed by atoms with Crippen molar-refractivity contribution in [3.8, 4) is 0 Å². The quantitative estimate of drug-likeness (QED) is 0.0121. The topological polar surface area (TPSA) is 349 Å². The van der Waals surface area contributed by atoms with Gasteiger partial charge in [-0.05, 0) is 12.8 Å². The predicted octanol–water partition coefficient (Wildman–Crippen LogP) is 8.03. The van der Waals surface area contributed by atoms with Crippen LogP contribution < -0.4 is 0 Å². The summed E-state index contributed by atoms with van der Waals surface area (Å²) in [5, 5.41) is 21.8. The first-order valence-electron chi connectivity index (χ1n) is 23.6. The van der Waals surface area contributed by atoms with Crippen molar-refractivity contribution < 1.29 is 104 Å². The highest BCUT2D eigenvalue weighted by Gasteiger charge is 2.59. The molecule has 26 heteroatoms. The Labute approximate surface area is 389 Å². The molecule has 0 spiro atoms. The lowest BCUT2D eigenvalue weighted by Gasteiger charge is -2.45. The van der Waals surface area contributed by atoms with Crippen molar-refractivity contribution in [3.63, 3.8) is 0 Å². The summed E-state index contributed by atoms with van der Waals surface area (Å²) in [5.41, 5.74) is 0. The maximum Gasteiger partial charge on any atom is 0.472 e. The largest absolute Gasteiger partial charge is 0.472 e. The van der Waals surface area contributed by atoms with Gasteiger partial charge in [0.1, 0.15) is 43.2 Å². The van der Waals surface area contributed by atoms with Gasteiger partial charge < -0.3 is 53.9 Å². The maximum absolute atomic E-state index is 13.2. The molecule has 392 valence electrons. The van der Waals surface area contributed by atoms with Crippen molar-refractivity contribution >= 4 is 43.2 Å².